The molecule has 1 aliphatic heterocycles. The van der Waals surface area contributed by atoms with Gasteiger partial charge in [-0.3, -0.25) is 0 Å². The van der Waals surface area contributed by atoms with Crippen LogP contribution in [0, 0.1) is 18.7 Å². The quantitative estimate of drug-likeness (QED) is 0.655. The van der Waals surface area contributed by atoms with Crippen molar-refractivity contribution in [3.63, 3.8) is 0 Å². The number of hydrogen-bond donors (Lipinski definition) is 0. The molecule has 2 heterocycles. The molecule has 0 aliphatic carbocycles. The molecule has 1 aromatic carbocycles. The number of hydrogen-bond acceptors (Lipinski definition) is 5. The molecule has 0 saturated heterocycles. The first-order chi connectivity index (χ1) is 13.8. The lowest BCUT2D eigenvalue weighted by atomic mass is 9.88. The molecule has 5 nitrogen and oxygen atoms in total. The number of fused-ring (bicyclic) bond motifs is 1. The summed E-state index contributed by atoms with van der Waals surface area (Å²) >= 11 is 0. The molecule has 29 heavy (non-hydrogen) atoms. The second-order valence-electron chi connectivity index (χ2n) is 6.97. The van der Waals surface area contributed by atoms with Crippen molar-refractivity contribution in [3.8, 4) is 17.0 Å². The van der Waals surface area contributed by atoms with Crippen molar-refractivity contribution in [1.29, 1.82) is 0 Å². The lowest BCUT2D eigenvalue weighted by molar-refractivity contribution is -0.150. The molecule has 0 N–H and O–H groups in total. The molecule has 3 rings (SSSR count). The van der Waals surface area contributed by atoms with Crippen LogP contribution in [0.15, 0.2) is 24.3 Å². The maximum absolute atomic E-state index is 14.7. The third kappa shape index (κ3) is 4.70. The summed E-state index contributed by atoms with van der Waals surface area (Å²) in [7, 11) is 0. The van der Waals surface area contributed by atoms with Gasteiger partial charge >= 0.3 is 12.6 Å². The molecule has 156 valence electrons. The molecule has 0 saturated carbocycles. The standard InChI is InChI=1S/C21H22F3NO4/c1-4-27-20(26)17-9-14(13-6-5-11(2)7-16(13)22)15-8-12(3)18(10-28-21(23)24)29-19(15)25-17/h5-7,9,12,18,21H,4,8,10H2,1-3H3. The SMILES string of the molecule is CCOC(=O)c1cc(-c2ccc(C)cc2F)c2c(n1)OC(COC(F)F)C(C)C2. The van der Waals surface area contributed by atoms with Crippen molar-refractivity contribution in [2.24, 2.45) is 5.92 Å². The number of ether oxygens (including phenoxy) is 3. The van der Waals surface area contributed by atoms with E-state index in [1.165, 1.54) is 12.1 Å². The van der Waals surface area contributed by atoms with Gasteiger partial charge in [-0.05, 0) is 49.4 Å². The minimum Gasteiger partial charge on any atom is -0.471 e. The number of aromatic nitrogens is 1. The zero-order chi connectivity index (χ0) is 21.1. The fourth-order valence-corrected chi connectivity index (χ4v) is 3.31. The Balaban J connectivity index is 2.08. The van der Waals surface area contributed by atoms with Gasteiger partial charge in [0.15, 0.2) is 5.69 Å². The fraction of sp³-hybridized carbons (Fsp3) is 0.429. The van der Waals surface area contributed by atoms with Gasteiger partial charge in [0.2, 0.25) is 5.88 Å². The summed E-state index contributed by atoms with van der Waals surface area (Å²) in [5.41, 5.74) is 2.10. The van der Waals surface area contributed by atoms with Crippen LogP contribution >= 0.6 is 0 Å². The van der Waals surface area contributed by atoms with Gasteiger partial charge in [-0.1, -0.05) is 19.1 Å². The highest BCUT2D eigenvalue weighted by atomic mass is 19.3. The highest BCUT2D eigenvalue weighted by Crippen LogP contribution is 2.38. The Labute approximate surface area is 166 Å². The van der Waals surface area contributed by atoms with Crippen LogP contribution in [0.2, 0.25) is 0 Å². The minimum absolute atomic E-state index is 0.0383. The molecule has 2 unspecified atom stereocenters. The zero-order valence-electron chi connectivity index (χ0n) is 16.4. The maximum Gasteiger partial charge on any atom is 0.357 e. The number of carbonyl (C=O) groups excluding carboxylic acids is 1. The lowest BCUT2D eigenvalue weighted by Gasteiger charge is -2.32. The number of alkyl halides is 2. The molecule has 0 spiro atoms. The molecule has 0 amide bonds. The Morgan fingerprint density at radius 2 is 2.07 bits per heavy atom. The van der Waals surface area contributed by atoms with Crippen LogP contribution in [-0.2, 0) is 15.9 Å². The van der Waals surface area contributed by atoms with Crippen molar-refractivity contribution < 1.29 is 32.2 Å². The second-order valence-corrected chi connectivity index (χ2v) is 6.97. The van der Waals surface area contributed by atoms with E-state index in [-0.39, 0.29) is 30.7 Å². The van der Waals surface area contributed by atoms with Crippen molar-refractivity contribution in [2.75, 3.05) is 13.2 Å². The van der Waals surface area contributed by atoms with Gasteiger partial charge in [-0.2, -0.15) is 8.78 Å². The van der Waals surface area contributed by atoms with Crippen LogP contribution in [0.25, 0.3) is 11.1 Å². The van der Waals surface area contributed by atoms with Crippen molar-refractivity contribution in [2.45, 2.75) is 39.9 Å². The van der Waals surface area contributed by atoms with Gasteiger partial charge in [-0.25, -0.2) is 14.2 Å². The molecular weight excluding hydrogens is 387 g/mol. The van der Waals surface area contributed by atoms with Crippen LogP contribution < -0.4 is 4.74 Å². The van der Waals surface area contributed by atoms with Gasteiger partial charge < -0.3 is 14.2 Å². The Bertz CT molecular complexity index is 904. The van der Waals surface area contributed by atoms with Crippen molar-refractivity contribution >= 4 is 5.97 Å². The third-order valence-corrected chi connectivity index (χ3v) is 4.80. The van der Waals surface area contributed by atoms with E-state index >= 15 is 0 Å². The summed E-state index contributed by atoms with van der Waals surface area (Å²) in [6.45, 7) is 2.18. The monoisotopic (exact) mass is 409 g/mol. The number of pyridine rings is 1. The van der Waals surface area contributed by atoms with E-state index < -0.39 is 24.5 Å². The van der Waals surface area contributed by atoms with Gasteiger partial charge in [0, 0.05) is 11.1 Å². The van der Waals surface area contributed by atoms with E-state index in [2.05, 4.69) is 9.72 Å². The minimum atomic E-state index is -2.91. The topological polar surface area (TPSA) is 57.7 Å². The van der Waals surface area contributed by atoms with Gasteiger partial charge in [-0.15, -0.1) is 0 Å². The number of nitrogens with zero attached hydrogens (tertiary/aromatic N) is 1. The number of carbonyl (C=O) groups is 1. The molecule has 2 atom stereocenters. The predicted octanol–water partition coefficient (Wildman–Crippen LogP) is 4.55. The van der Waals surface area contributed by atoms with E-state index in [0.717, 1.165) is 5.56 Å². The largest absolute Gasteiger partial charge is 0.471 e. The van der Waals surface area contributed by atoms with Crippen LogP contribution in [0.4, 0.5) is 13.2 Å². The highest BCUT2D eigenvalue weighted by molar-refractivity contribution is 5.90. The average molecular weight is 409 g/mol. The van der Waals surface area contributed by atoms with Gasteiger partial charge in [0.1, 0.15) is 11.9 Å². The average Bonchev–Trinajstić information content (AvgIpc) is 2.66. The lowest BCUT2D eigenvalue weighted by Crippen LogP contribution is -2.36. The highest BCUT2D eigenvalue weighted by Gasteiger charge is 2.32. The number of benzene rings is 1. The number of aryl methyl sites for hydroxylation is 1. The number of halogens is 3. The molecule has 0 bridgehead atoms. The normalized spacial score (nSPS) is 18.3. The first kappa shape index (κ1) is 21.1. The second kappa shape index (κ2) is 8.82. The van der Waals surface area contributed by atoms with Crippen LogP contribution in [-0.4, -0.2) is 36.9 Å². The summed E-state index contributed by atoms with van der Waals surface area (Å²) in [5.74, 6) is -1.19. The van der Waals surface area contributed by atoms with Gasteiger partial charge in [0.25, 0.3) is 0 Å². The summed E-state index contributed by atoms with van der Waals surface area (Å²) < 4.78 is 54.8. The van der Waals surface area contributed by atoms with E-state index in [9.17, 15) is 18.0 Å². The molecule has 0 fully saturated rings. The Morgan fingerprint density at radius 3 is 2.72 bits per heavy atom. The number of rotatable bonds is 6. The Morgan fingerprint density at radius 1 is 1.31 bits per heavy atom. The molecule has 1 aromatic heterocycles. The van der Waals surface area contributed by atoms with E-state index in [4.69, 9.17) is 9.47 Å². The van der Waals surface area contributed by atoms with E-state index in [1.54, 1.807) is 26.0 Å². The molecule has 8 heteroatoms. The number of esters is 1. The summed E-state index contributed by atoms with van der Waals surface area (Å²) in [6.07, 6.45) is -0.261. The summed E-state index contributed by atoms with van der Waals surface area (Å²) in [6, 6.07) is 6.28. The van der Waals surface area contributed by atoms with E-state index in [1.807, 2.05) is 6.92 Å². The van der Waals surface area contributed by atoms with Crippen molar-refractivity contribution in [3.05, 3.63) is 46.9 Å². The Kier molecular flexibility index (Phi) is 6.42. The molecule has 0 radical (unpaired) electrons. The first-order valence-electron chi connectivity index (χ1n) is 9.34. The smallest absolute Gasteiger partial charge is 0.357 e. The van der Waals surface area contributed by atoms with Gasteiger partial charge in [0.05, 0.1) is 13.2 Å². The van der Waals surface area contributed by atoms with Crippen LogP contribution in [0.5, 0.6) is 5.88 Å². The Hall–Kier alpha value is -2.61. The van der Waals surface area contributed by atoms with E-state index in [0.29, 0.717) is 23.1 Å². The molecule has 1 aliphatic rings. The van der Waals surface area contributed by atoms with Crippen molar-refractivity contribution in [1.82, 2.24) is 4.98 Å². The predicted molar refractivity (Wildman–Crippen MR) is 99.6 cm³/mol. The molecule has 2 aromatic rings. The van der Waals surface area contributed by atoms with Crippen LogP contribution in [0.3, 0.4) is 0 Å². The molecular formula is C21H22F3NO4. The third-order valence-electron chi connectivity index (χ3n) is 4.80. The zero-order valence-corrected chi connectivity index (χ0v) is 16.4. The van der Waals surface area contributed by atoms with Crippen LogP contribution in [0.1, 0.15) is 35.5 Å². The maximum atomic E-state index is 14.7. The summed E-state index contributed by atoms with van der Waals surface area (Å²) in [5, 5.41) is 0. The summed E-state index contributed by atoms with van der Waals surface area (Å²) in [4.78, 5) is 16.5. The first-order valence-corrected chi connectivity index (χ1v) is 9.34. The fourth-order valence-electron chi connectivity index (χ4n) is 3.31.